The van der Waals surface area contributed by atoms with E-state index in [9.17, 15) is 14.4 Å². The van der Waals surface area contributed by atoms with E-state index < -0.39 is 0 Å². The van der Waals surface area contributed by atoms with Crippen molar-refractivity contribution in [2.24, 2.45) is 5.92 Å². The fraction of sp³-hybridized carbons (Fsp3) is 0.550. The minimum Gasteiger partial charge on any atom is -0.353 e. The molecule has 1 aliphatic heterocycles. The summed E-state index contributed by atoms with van der Waals surface area (Å²) in [7, 11) is 0. The third kappa shape index (κ3) is 3.75. The Balaban J connectivity index is 1.51. The lowest BCUT2D eigenvalue weighted by Gasteiger charge is -2.21. The topological polar surface area (TPSA) is 66.5 Å². The molecule has 2 unspecified atom stereocenters. The molecule has 2 atom stereocenters. The molecule has 1 aliphatic carbocycles. The van der Waals surface area contributed by atoms with Gasteiger partial charge in [-0.2, -0.15) is 0 Å². The van der Waals surface area contributed by atoms with E-state index in [2.05, 4.69) is 12.2 Å². The Hall–Kier alpha value is -2.17. The first-order valence-corrected chi connectivity index (χ1v) is 9.36. The molecule has 1 aromatic rings. The van der Waals surface area contributed by atoms with Gasteiger partial charge in [0.2, 0.25) is 5.91 Å². The van der Waals surface area contributed by atoms with Crippen LogP contribution in [0.3, 0.4) is 0 Å². The standard InChI is InChI=1S/C20H26N2O3/c1-2-3-7-14-8-6-11-17(14)21-18(23)12-13-22-19(24)15-9-4-5-10-16(15)20(22)25/h4-5,9-10,14,17H,2-3,6-8,11-13H2,1H3,(H,21,23). The van der Waals surface area contributed by atoms with Crippen molar-refractivity contribution in [1.82, 2.24) is 10.2 Å². The number of benzene rings is 1. The SMILES string of the molecule is CCCCC1CCCC1NC(=O)CCN1C(=O)c2ccccc2C1=O. The summed E-state index contributed by atoms with van der Waals surface area (Å²) in [4.78, 5) is 38.1. The molecule has 25 heavy (non-hydrogen) atoms. The summed E-state index contributed by atoms with van der Waals surface area (Å²) in [5.41, 5.74) is 0.867. The molecular formula is C20H26N2O3. The number of hydrogen-bond donors (Lipinski definition) is 1. The Morgan fingerprint density at radius 3 is 2.48 bits per heavy atom. The number of carbonyl (C=O) groups excluding carboxylic acids is 3. The number of fused-ring (bicyclic) bond motifs is 1. The summed E-state index contributed by atoms with van der Waals surface area (Å²) in [6, 6.07) is 7.06. The molecule has 134 valence electrons. The van der Waals surface area contributed by atoms with E-state index in [1.807, 2.05) is 0 Å². The zero-order valence-corrected chi connectivity index (χ0v) is 14.8. The normalized spacial score (nSPS) is 22.4. The third-order valence-electron chi connectivity index (χ3n) is 5.37. The van der Waals surface area contributed by atoms with Crippen LogP contribution in [0.25, 0.3) is 0 Å². The summed E-state index contributed by atoms with van der Waals surface area (Å²) < 4.78 is 0. The van der Waals surface area contributed by atoms with Crippen molar-refractivity contribution in [2.45, 2.75) is 57.9 Å². The Morgan fingerprint density at radius 2 is 1.84 bits per heavy atom. The lowest BCUT2D eigenvalue weighted by molar-refractivity contribution is -0.122. The van der Waals surface area contributed by atoms with Crippen LogP contribution in [-0.4, -0.2) is 35.2 Å². The van der Waals surface area contributed by atoms with Crippen LogP contribution in [0.5, 0.6) is 0 Å². The minimum absolute atomic E-state index is 0.0649. The summed E-state index contributed by atoms with van der Waals surface area (Å²) in [5.74, 6) is -0.0849. The maximum atomic E-state index is 12.3. The molecule has 0 aromatic heterocycles. The number of hydrogen-bond acceptors (Lipinski definition) is 3. The van der Waals surface area contributed by atoms with Crippen molar-refractivity contribution >= 4 is 17.7 Å². The van der Waals surface area contributed by atoms with E-state index >= 15 is 0 Å². The first-order valence-electron chi connectivity index (χ1n) is 9.36. The Morgan fingerprint density at radius 1 is 1.16 bits per heavy atom. The molecule has 1 aromatic carbocycles. The van der Waals surface area contributed by atoms with Gasteiger partial charge in [0.15, 0.2) is 0 Å². The fourth-order valence-electron chi connectivity index (χ4n) is 3.97. The maximum absolute atomic E-state index is 12.3. The number of nitrogens with zero attached hydrogens (tertiary/aromatic N) is 1. The third-order valence-corrected chi connectivity index (χ3v) is 5.37. The molecule has 3 amide bonds. The summed E-state index contributed by atoms with van der Waals surface area (Å²) >= 11 is 0. The van der Waals surface area contributed by atoms with Gasteiger partial charge in [-0.15, -0.1) is 0 Å². The van der Waals surface area contributed by atoms with Gasteiger partial charge in [-0.25, -0.2) is 0 Å². The van der Waals surface area contributed by atoms with Gasteiger partial charge >= 0.3 is 0 Å². The quantitative estimate of drug-likeness (QED) is 0.774. The highest BCUT2D eigenvalue weighted by Gasteiger charge is 2.35. The molecule has 1 heterocycles. The number of imide groups is 1. The average Bonchev–Trinajstić information content (AvgIpc) is 3.15. The molecule has 0 spiro atoms. The lowest BCUT2D eigenvalue weighted by atomic mass is 9.97. The van der Waals surface area contributed by atoms with Gasteiger partial charge in [-0.1, -0.05) is 38.3 Å². The van der Waals surface area contributed by atoms with Crippen molar-refractivity contribution in [3.63, 3.8) is 0 Å². The molecule has 1 N–H and O–H groups in total. The number of nitrogens with one attached hydrogen (secondary N) is 1. The average molecular weight is 342 g/mol. The van der Waals surface area contributed by atoms with Gasteiger partial charge in [0.05, 0.1) is 11.1 Å². The smallest absolute Gasteiger partial charge is 0.261 e. The van der Waals surface area contributed by atoms with Crippen LogP contribution in [0.2, 0.25) is 0 Å². The Kier molecular flexibility index (Phi) is 5.51. The van der Waals surface area contributed by atoms with Gasteiger partial charge in [0, 0.05) is 19.0 Å². The van der Waals surface area contributed by atoms with Crippen molar-refractivity contribution in [1.29, 1.82) is 0 Å². The molecule has 0 bridgehead atoms. The monoisotopic (exact) mass is 342 g/mol. The zero-order valence-electron chi connectivity index (χ0n) is 14.8. The Bertz CT molecular complexity index is 636. The number of unbranched alkanes of at least 4 members (excludes halogenated alkanes) is 1. The molecular weight excluding hydrogens is 316 g/mol. The zero-order chi connectivity index (χ0) is 17.8. The second-order valence-corrected chi connectivity index (χ2v) is 7.06. The minimum atomic E-state index is -0.296. The second kappa shape index (κ2) is 7.81. The number of rotatable bonds is 7. The van der Waals surface area contributed by atoms with E-state index in [0.717, 1.165) is 12.8 Å². The molecule has 2 aliphatic rings. The van der Waals surface area contributed by atoms with Crippen molar-refractivity contribution in [3.8, 4) is 0 Å². The van der Waals surface area contributed by atoms with Crippen LogP contribution in [0, 0.1) is 5.92 Å². The summed E-state index contributed by atoms with van der Waals surface area (Å²) in [5, 5.41) is 3.12. The van der Waals surface area contributed by atoms with Crippen molar-refractivity contribution in [3.05, 3.63) is 35.4 Å². The first kappa shape index (κ1) is 17.6. The predicted molar refractivity (Wildman–Crippen MR) is 95.2 cm³/mol. The van der Waals surface area contributed by atoms with Crippen LogP contribution < -0.4 is 5.32 Å². The highest BCUT2D eigenvalue weighted by Crippen LogP contribution is 2.30. The van der Waals surface area contributed by atoms with Crippen LogP contribution >= 0.6 is 0 Å². The van der Waals surface area contributed by atoms with E-state index in [1.165, 1.54) is 30.6 Å². The van der Waals surface area contributed by atoms with Crippen LogP contribution in [0.15, 0.2) is 24.3 Å². The van der Waals surface area contributed by atoms with E-state index in [4.69, 9.17) is 0 Å². The maximum Gasteiger partial charge on any atom is 0.261 e. The van der Waals surface area contributed by atoms with Gasteiger partial charge in [-0.3, -0.25) is 19.3 Å². The lowest BCUT2D eigenvalue weighted by Crippen LogP contribution is -2.40. The molecule has 0 saturated heterocycles. The Labute approximate surface area is 148 Å². The number of carbonyl (C=O) groups is 3. The molecule has 1 saturated carbocycles. The fourth-order valence-corrected chi connectivity index (χ4v) is 3.97. The largest absolute Gasteiger partial charge is 0.353 e. The van der Waals surface area contributed by atoms with Gasteiger partial charge in [-0.05, 0) is 37.3 Å². The van der Waals surface area contributed by atoms with Crippen molar-refractivity contribution < 1.29 is 14.4 Å². The van der Waals surface area contributed by atoms with Gasteiger partial charge in [0.1, 0.15) is 0 Å². The van der Waals surface area contributed by atoms with Crippen LogP contribution in [0.1, 0.15) is 72.6 Å². The van der Waals surface area contributed by atoms with E-state index in [1.54, 1.807) is 24.3 Å². The summed E-state index contributed by atoms with van der Waals surface area (Å²) in [6.07, 6.45) is 7.10. The first-order chi connectivity index (χ1) is 12.1. The molecule has 5 heteroatoms. The molecule has 0 radical (unpaired) electrons. The van der Waals surface area contributed by atoms with Crippen LogP contribution in [-0.2, 0) is 4.79 Å². The van der Waals surface area contributed by atoms with Crippen LogP contribution in [0.4, 0.5) is 0 Å². The van der Waals surface area contributed by atoms with Crippen molar-refractivity contribution in [2.75, 3.05) is 6.54 Å². The predicted octanol–water partition coefficient (Wildman–Crippen LogP) is 3.15. The summed E-state index contributed by atoms with van der Waals surface area (Å²) in [6.45, 7) is 2.33. The van der Waals surface area contributed by atoms with E-state index in [0.29, 0.717) is 17.0 Å². The van der Waals surface area contributed by atoms with E-state index in [-0.39, 0.29) is 36.7 Å². The highest BCUT2D eigenvalue weighted by atomic mass is 16.2. The van der Waals surface area contributed by atoms with Gasteiger partial charge < -0.3 is 5.32 Å². The molecule has 5 nitrogen and oxygen atoms in total. The molecule has 1 fully saturated rings. The molecule has 3 rings (SSSR count). The number of amides is 3. The highest BCUT2D eigenvalue weighted by molar-refractivity contribution is 6.21. The van der Waals surface area contributed by atoms with Gasteiger partial charge in [0.25, 0.3) is 11.8 Å². The second-order valence-electron chi connectivity index (χ2n) is 7.06.